The van der Waals surface area contributed by atoms with Gasteiger partial charge in [0, 0.05) is 0 Å². The Labute approximate surface area is 115 Å². The number of carboxylic acids is 1. The average Bonchev–Trinajstić information content (AvgIpc) is 2.48. The number of benzene rings is 1. The van der Waals surface area contributed by atoms with E-state index in [0.717, 1.165) is 0 Å². The Morgan fingerprint density at radius 3 is 2.40 bits per heavy atom. The number of nitrogens with one attached hydrogen (secondary N) is 1. The summed E-state index contributed by atoms with van der Waals surface area (Å²) >= 11 is 0. The molecule has 102 valence electrons. The average molecular weight is 271 g/mol. The molecule has 0 aliphatic heterocycles. The number of aromatic carboxylic acids is 1. The lowest BCUT2D eigenvalue weighted by Gasteiger charge is -2.12. The van der Waals surface area contributed by atoms with Gasteiger partial charge in [-0.2, -0.15) is 0 Å². The molecular weight excluding hydrogens is 258 g/mol. The molecule has 2 rings (SSSR count). The number of carbonyl (C=O) groups excluding carboxylic acids is 1. The highest BCUT2D eigenvalue weighted by molar-refractivity contribution is 5.95. The Hall–Kier alpha value is -2.73. The maximum Gasteiger partial charge on any atom is 0.354 e. The lowest BCUT2D eigenvalue weighted by atomic mass is 10.1. The Balaban J connectivity index is 2.06. The first-order valence-electron chi connectivity index (χ1n) is 5.88. The minimum Gasteiger partial charge on any atom is -0.477 e. The zero-order valence-corrected chi connectivity index (χ0v) is 10.5. The van der Waals surface area contributed by atoms with Crippen LogP contribution < -0.4 is 11.1 Å². The van der Waals surface area contributed by atoms with Gasteiger partial charge in [0.05, 0.1) is 11.9 Å². The number of nitrogens with two attached hydrogens (primary N) is 1. The number of hydrogen-bond acceptors (Lipinski definition) is 4. The van der Waals surface area contributed by atoms with Crippen LogP contribution in [0.4, 0.5) is 5.69 Å². The van der Waals surface area contributed by atoms with E-state index in [2.05, 4.69) is 10.3 Å². The van der Waals surface area contributed by atoms with Crippen LogP contribution >= 0.6 is 0 Å². The standard InChI is InChI=1S/C14H13N3O3/c15-12(9-4-2-1-3-5-9)13(18)17-10-6-7-11(14(19)20)16-8-10/h1-8,12H,15H2,(H,17,18)(H,19,20)/t12-/m1/s1. The van der Waals surface area contributed by atoms with Gasteiger partial charge >= 0.3 is 5.97 Å². The summed E-state index contributed by atoms with van der Waals surface area (Å²) in [7, 11) is 0. The van der Waals surface area contributed by atoms with E-state index in [1.54, 1.807) is 24.3 Å². The lowest BCUT2D eigenvalue weighted by molar-refractivity contribution is -0.117. The molecule has 0 radical (unpaired) electrons. The van der Waals surface area contributed by atoms with Crippen LogP contribution in [0.25, 0.3) is 0 Å². The molecule has 0 saturated heterocycles. The van der Waals surface area contributed by atoms with Gasteiger partial charge < -0.3 is 16.2 Å². The fourth-order valence-corrected chi connectivity index (χ4v) is 1.63. The SMILES string of the molecule is N[C@@H](C(=O)Nc1ccc(C(=O)O)nc1)c1ccccc1. The Morgan fingerprint density at radius 2 is 1.85 bits per heavy atom. The number of nitrogens with zero attached hydrogens (tertiary/aromatic N) is 1. The number of carbonyl (C=O) groups is 2. The summed E-state index contributed by atoms with van der Waals surface area (Å²) in [5.74, 6) is -1.51. The molecule has 6 heteroatoms. The topological polar surface area (TPSA) is 105 Å². The second-order valence-electron chi connectivity index (χ2n) is 4.11. The van der Waals surface area contributed by atoms with E-state index in [-0.39, 0.29) is 11.6 Å². The van der Waals surface area contributed by atoms with Crippen molar-refractivity contribution in [3.05, 3.63) is 59.9 Å². The van der Waals surface area contributed by atoms with E-state index >= 15 is 0 Å². The molecule has 0 unspecified atom stereocenters. The van der Waals surface area contributed by atoms with Crippen LogP contribution in [0, 0.1) is 0 Å². The van der Waals surface area contributed by atoms with Crippen molar-refractivity contribution in [2.45, 2.75) is 6.04 Å². The van der Waals surface area contributed by atoms with Crippen LogP contribution in [0.2, 0.25) is 0 Å². The first-order chi connectivity index (χ1) is 9.58. The van der Waals surface area contributed by atoms with E-state index in [0.29, 0.717) is 11.3 Å². The summed E-state index contributed by atoms with van der Waals surface area (Å²) in [4.78, 5) is 26.3. The number of rotatable bonds is 4. The van der Waals surface area contributed by atoms with Crippen LogP contribution in [-0.2, 0) is 4.79 Å². The minimum absolute atomic E-state index is 0.0876. The predicted octanol–water partition coefficient (Wildman–Crippen LogP) is 1.42. The molecule has 1 heterocycles. The Bertz CT molecular complexity index is 611. The van der Waals surface area contributed by atoms with Gasteiger partial charge in [-0.05, 0) is 17.7 Å². The van der Waals surface area contributed by atoms with Gasteiger partial charge in [0.2, 0.25) is 5.91 Å². The molecule has 1 atom stereocenters. The first-order valence-corrected chi connectivity index (χ1v) is 5.88. The molecule has 1 aromatic carbocycles. The zero-order chi connectivity index (χ0) is 14.5. The molecule has 20 heavy (non-hydrogen) atoms. The molecule has 4 N–H and O–H groups in total. The molecule has 0 spiro atoms. The largest absolute Gasteiger partial charge is 0.477 e. The second-order valence-corrected chi connectivity index (χ2v) is 4.11. The fraction of sp³-hybridized carbons (Fsp3) is 0.0714. The Morgan fingerprint density at radius 1 is 1.15 bits per heavy atom. The van der Waals surface area contributed by atoms with Gasteiger partial charge in [-0.25, -0.2) is 9.78 Å². The van der Waals surface area contributed by atoms with E-state index in [1.165, 1.54) is 18.3 Å². The van der Waals surface area contributed by atoms with Crippen molar-refractivity contribution in [2.75, 3.05) is 5.32 Å². The van der Waals surface area contributed by atoms with Gasteiger partial charge in [0.25, 0.3) is 0 Å². The van der Waals surface area contributed by atoms with Crippen LogP contribution in [0.1, 0.15) is 22.1 Å². The third kappa shape index (κ3) is 3.18. The highest BCUT2D eigenvalue weighted by atomic mass is 16.4. The highest BCUT2D eigenvalue weighted by Crippen LogP contribution is 2.13. The van der Waals surface area contributed by atoms with E-state index < -0.39 is 12.0 Å². The molecule has 1 amide bonds. The maximum atomic E-state index is 12.0. The summed E-state index contributed by atoms with van der Waals surface area (Å²) < 4.78 is 0. The fourth-order valence-electron chi connectivity index (χ4n) is 1.63. The van der Waals surface area contributed by atoms with Gasteiger partial charge in [-0.1, -0.05) is 30.3 Å². The molecule has 0 aliphatic carbocycles. The molecule has 0 saturated carbocycles. The van der Waals surface area contributed by atoms with Crippen molar-refractivity contribution >= 4 is 17.6 Å². The molecule has 0 aliphatic rings. The van der Waals surface area contributed by atoms with Crippen molar-refractivity contribution in [1.29, 1.82) is 0 Å². The smallest absolute Gasteiger partial charge is 0.354 e. The summed E-state index contributed by atoms with van der Waals surface area (Å²) in [5.41, 5.74) is 6.84. The zero-order valence-electron chi connectivity index (χ0n) is 10.5. The highest BCUT2D eigenvalue weighted by Gasteiger charge is 2.15. The monoisotopic (exact) mass is 271 g/mol. The van der Waals surface area contributed by atoms with Gasteiger partial charge in [-0.15, -0.1) is 0 Å². The van der Waals surface area contributed by atoms with Gasteiger partial charge in [0.15, 0.2) is 0 Å². The van der Waals surface area contributed by atoms with E-state index in [4.69, 9.17) is 10.8 Å². The van der Waals surface area contributed by atoms with Crippen LogP contribution in [0.15, 0.2) is 48.7 Å². The quantitative estimate of drug-likeness (QED) is 0.779. The summed E-state index contributed by atoms with van der Waals surface area (Å²) in [6, 6.07) is 10.9. The van der Waals surface area contributed by atoms with Crippen molar-refractivity contribution in [2.24, 2.45) is 5.73 Å². The third-order valence-electron chi connectivity index (χ3n) is 2.69. The second kappa shape index (κ2) is 5.94. The van der Waals surface area contributed by atoms with Crippen molar-refractivity contribution in [3.8, 4) is 0 Å². The number of carboxylic acid groups (broad SMARTS) is 1. The molecule has 0 fully saturated rings. The molecule has 2 aromatic rings. The summed E-state index contributed by atoms with van der Waals surface area (Å²) in [6.07, 6.45) is 1.28. The summed E-state index contributed by atoms with van der Waals surface area (Å²) in [6.45, 7) is 0. The third-order valence-corrected chi connectivity index (χ3v) is 2.69. The van der Waals surface area contributed by atoms with Crippen molar-refractivity contribution in [3.63, 3.8) is 0 Å². The van der Waals surface area contributed by atoms with Crippen molar-refractivity contribution < 1.29 is 14.7 Å². The van der Waals surface area contributed by atoms with E-state index in [9.17, 15) is 9.59 Å². The lowest BCUT2D eigenvalue weighted by Crippen LogP contribution is -2.27. The van der Waals surface area contributed by atoms with Crippen molar-refractivity contribution in [1.82, 2.24) is 4.98 Å². The number of anilines is 1. The number of pyridine rings is 1. The Kier molecular flexibility index (Phi) is 4.07. The molecular formula is C14H13N3O3. The molecule has 6 nitrogen and oxygen atoms in total. The number of amides is 1. The van der Waals surface area contributed by atoms with Gasteiger partial charge in [-0.3, -0.25) is 4.79 Å². The number of aromatic nitrogens is 1. The van der Waals surface area contributed by atoms with E-state index in [1.807, 2.05) is 6.07 Å². The molecule has 0 bridgehead atoms. The molecule has 1 aromatic heterocycles. The first kappa shape index (κ1) is 13.7. The predicted molar refractivity (Wildman–Crippen MR) is 73.2 cm³/mol. The van der Waals surface area contributed by atoms with Crippen LogP contribution in [-0.4, -0.2) is 22.0 Å². The number of hydrogen-bond donors (Lipinski definition) is 3. The maximum absolute atomic E-state index is 12.0. The van der Waals surface area contributed by atoms with Crippen LogP contribution in [0.3, 0.4) is 0 Å². The normalized spacial score (nSPS) is 11.7. The van der Waals surface area contributed by atoms with Gasteiger partial charge in [0.1, 0.15) is 11.7 Å². The minimum atomic E-state index is -1.12. The van der Waals surface area contributed by atoms with Crippen LogP contribution in [0.5, 0.6) is 0 Å². The summed E-state index contributed by atoms with van der Waals surface area (Å²) in [5, 5.41) is 11.3.